The average molecular weight is 473 g/mol. The summed E-state index contributed by atoms with van der Waals surface area (Å²) < 4.78 is 17.3. The van der Waals surface area contributed by atoms with Crippen LogP contribution in [0.15, 0.2) is 41.1 Å². The van der Waals surface area contributed by atoms with Gasteiger partial charge in [-0.15, -0.1) is 0 Å². The zero-order valence-electron chi connectivity index (χ0n) is 19.2. The molecule has 0 unspecified atom stereocenters. The number of aryl methyl sites for hydroxylation is 1. The topological polar surface area (TPSA) is 120 Å². The van der Waals surface area contributed by atoms with Crippen molar-refractivity contribution in [3.8, 4) is 11.5 Å². The lowest BCUT2D eigenvalue weighted by atomic mass is 9.84. The Morgan fingerprint density at radius 2 is 1.97 bits per heavy atom. The third-order valence-corrected chi connectivity index (χ3v) is 7.29. The smallest absolute Gasteiger partial charge is 0.229 e. The number of aromatic nitrogens is 3. The number of hydrogen-bond acceptors (Lipinski definition) is 8. The molecule has 3 aromatic heterocycles. The number of ether oxygens (including phenoxy) is 2. The standard InChI is InChI=1S/C26H24N4O5/c1-14-18-8-28-22(30-23(31)15-2-3-15)7-17(18)19(9-27-14)24-29-20-6-16(4-5-21(20)35-24)26(32)10-25(34-13-26)11-33-12-25/h4-9,15,32H,2-3,10-13H2,1H3,(H,28,30,31)/t26-/m1/s1. The van der Waals surface area contributed by atoms with Crippen LogP contribution in [0.1, 0.15) is 30.5 Å². The van der Waals surface area contributed by atoms with Gasteiger partial charge in [-0.1, -0.05) is 6.07 Å². The summed E-state index contributed by atoms with van der Waals surface area (Å²) in [4.78, 5) is 25.9. The predicted octanol–water partition coefficient (Wildman–Crippen LogP) is 3.47. The number of amides is 1. The van der Waals surface area contributed by atoms with Gasteiger partial charge >= 0.3 is 0 Å². The fourth-order valence-corrected chi connectivity index (χ4v) is 5.02. The molecule has 9 nitrogen and oxygen atoms in total. The minimum Gasteiger partial charge on any atom is -0.436 e. The molecule has 5 heterocycles. The molecule has 178 valence electrons. The molecule has 9 heteroatoms. The Morgan fingerprint density at radius 1 is 1.11 bits per heavy atom. The molecule has 1 saturated carbocycles. The first-order valence-electron chi connectivity index (χ1n) is 11.8. The highest BCUT2D eigenvalue weighted by atomic mass is 16.6. The van der Waals surface area contributed by atoms with Crippen LogP contribution in [0, 0.1) is 12.8 Å². The molecule has 1 aromatic carbocycles. The van der Waals surface area contributed by atoms with Crippen LogP contribution in [-0.2, 0) is 19.9 Å². The van der Waals surface area contributed by atoms with E-state index in [9.17, 15) is 9.90 Å². The maximum Gasteiger partial charge on any atom is 0.229 e. The molecule has 0 radical (unpaired) electrons. The van der Waals surface area contributed by atoms with Crippen molar-refractivity contribution in [2.24, 2.45) is 5.92 Å². The van der Waals surface area contributed by atoms with Crippen LogP contribution >= 0.6 is 0 Å². The fraction of sp³-hybridized carbons (Fsp3) is 0.385. The number of benzene rings is 1. The zero-order valence-corrected chi connectivity index (χ0v) is 19.2. The number of rotatable bonds is 4. The first-order valence-corrected chi connectivity index (χ1v) is 11.8. The van der Waals surface area contributed by atoms with E-state index in [4.69, 9.17) is 18.9 Å². The first-order chi connectivity index (χ1) is 16.9. The number of anilines is 1. The number of hydrogen-bond donors (Lipinski definition) is 2. The Morgan fingerprint density at radius 3 is 2.71 bits per heavy atom. The van der Waals surface area contributed by atoms with Gasteiger partial charge in [0.25, 0.3) is 0 Å². The van der Waals surface area contributed by atoms with Gasteiger partial charge in [0.1, 0.15) is 22.5 Å². The van der Waals surface area contributed by atoms with E-state index in [1.165, 1.54) is 0 Å². The Labute approximate surface area is 200 Å². The minimum atomic E-state index is -1.09. The second-order valence-corrected chi connectivity index (χ2v) is 10.0. The van der Waals surface area contributed by atoms with Crippen LogP contribution in [0.25, 0.3) is 33.3 Å². The number of pyridine rings is 2. The molecular weight excluding hydrogens is 448 g/mol. The van der Waals surface area contributed by atoms with Gasteiger partial charge in [0.15, 0.2) is 5.58 Å². The monoisotopic (exact) mass is 472 g/mol. The number of aliphatic hydroxyl groups is 1. The fourth-order valence-electron chi connectivity index (χ4n) is 5.02. The van der Waals surface area contributed by atoms with E-state index in [0.717, 1.165) is 34.9 Å². The highest BCUT2D eigenvalue weighted by molar-refractivity contribution is 6.00. The summed E-state index contributed by atoms with van der Waals surface area (Å²) in [5.74, 6) is 1.00. The van der Waals surface area contributed by atoms with Crippen molar-refractivity contribution in [3.63, 3.8) is 0 Å². The minimum absolute atomic E-state index is 0.00244. The van der Waals surface area contributed by atoms with Crippen molar-refractivity contribution in [1.29, 1.82) is 0 Å². The van der Waals surface area contributed by atoms with Gasteiger partial charge in [0.05, 0.1) is 25.4 Å². The van der Waals surface area contributed by atoms with Crippen LogP contribution < -0.4 is 5.32 Å². The molecule has 1 amide bonds. The maximum atomic E-state index is 12.2. The second kappa shape index (κ2) is 7.30. The van der Waals surface area contributed by atoms with E-state index in [0.29, 0.717) is 48.0 Å². The second-order valence-electron chi connectivity index (χ2n) is 10.0. The third kappa shape index (κ3) is 3.42. The van der Waals surface area contributed by atoms with Crippen molar-refractivity contribution in [2.45, 2.75) is 37.4 Å². The molecule has 2 N–H and O–H groups in total. The lowest BCUT2D eigenvalue weighted by Gasteiger charge is -2.37. The summed E-state index contributed by atoms with van der Waals surface area (Å²) >= 11 is 0. The number of carbonyl (C=O) groups excluding carboxylic acids is 1. The molecule has 1 atom stereocenters. The molecule has 1 aliphatic carbocycles. The van der Waals surface area contributed by atoms with Crippen molar-refractivity contribution in [2.75, 3.05) is 25.1 Å². The highest BCUT2D eigenvalue weighted by Crippen LogP contribution is 2.44. The SMILES string of the molecule is Cc1ncc(-c2nc3cc([C@]4(O)COC5(COC5)C4)ccc3o2)c2cc(NC(=O)C3CC3)ncc12. The van der Waals surface area contributed by atoms with Crippen LogP contribution in [-0.4, -0.2) is 51.4 Å². The summed E-state index contributed by atoms with van der Waals surface area (Å²) in [7, 11) is 0. The highest BCUT2D eigenvalue weighted by Gasteiger charge is 2.53. The average Bonchev–Trinajstić information content (AvgIpc) is 3.49. The molecule has 3 aliphatic rings. The summed E-state index contributed by atoms with van der Waals surface area (Å²) in [5.41, 5.74) is 2.06. The number of fused-ring (bicyclic) bond motifs is 2. The Kier molecular flexibility index (Phi) is 4.37. The predicted molar refractivity (Wildman–Crippen MR) is 127 cm³/mol. The maximum absolute atomic E-state index is 12.2. The molecule has 1 spiro atoms. The number of carbonyl (C=O) groups is 1. The van der Waals surface area contributed by atoms with Crippen molar-refractivity contribution >= 4 is 33.6 Å². The van der Waals surface area contributed by atoms with Gasteiger partial charge in [0.2, 0.25) is 11.8 Å². The molecule has 4 aromatic rings. The molecule has 2 aliphatic heterocycles. The van der Waals surface area contributed by atoms with Crippen LogP contribution in [0.2, 0.25) is 0 Å². The van der Waals surface area contributed by atoms with Gasteiger partial charge in [-0.05, 0) is 43.5 Å². The van der Waals surface area contributed by atoms with Crippen LogP contribution in [0.3, 0.4) is 0 Å². The molecular formula is C26H24N4O5. The lowest BCUT2D eigenvalue weighted by molar-refractivity contribution is -0.184. The molecule has 3 fully saturated rings. The summed E-state index contributed by atoms with van der Waals surface area (Å²) in [6.07, 6.45) is 5.79. The van der Waals surface area contributed by atoms with Gasteiger partial charge < -0.3 is 24.3 Å². The number of nitrogens with one attached hydrogen (secondary N) is 1. The zero-order chi connectivity index (χ0) is 23.8. The van der Waals surface area contributed by atoms with Crippen LogP contribution in [0.5, 0.6) is 0 Å². The normalized spacial score (nSPS) is 23.1. The summed E-state index contributed by atoms with van der Waals surface area (Å²) in [6, 6.07) is 7.39. The van der Waals surface area contributed by atoms with Gasteiger partial charge in [0, 0.05) is 41.2 Å². The Bertz CT molecular complexity index is 1510. The van der Waals surface area contributed by atoms with Crippen molar-refractivity contribution in [3.05, 3.63) is 47.9 Å². The van der Waals surface area contributed by atoms with Crippen molar-refractivity contribution < 1.29 is 23.8 Å². The van der Waals surface area contributed by atoms with E-state index in [1.807, 2.05) is 31.2 Å². The summed E-state index contributed by atoms with van der Waals surface area (Å²) in [5, 5.41) is 15.9. The molecule has 2 saturated heterocycles. The van der Waals surface area contributed by atoms with Crippen molar-refractivity contribution in [1.82, 2.24) is 15.0 Å². The third-order valence-electron chi connectivity index (χ3n) is 7.29. The number of nitrogens with zero attached hydrogens (tertiary/aromatic N) is 3. The Hall–Kier alpha value is -3.40. The molecule has 35 heavy (non-hydrogen) atoms. The van der Waals surface area contributed by atoms with E-state index in [1.54, 1.807) is 12.4 Å². The van der Waals surface area contributed by atoms with E-state index in [-0.39, 0.29) is 24.0 Å². The van der Waals surface area contributed by atoms with Gasteiger partial charge in [-0.3, -0.25) is 9.78 Å². The number of oxazole rings is 1. The van der Waals surface area contributed by atoms with E-state index in [2.05, 4.69) is 15.3 Å². The van der Waals surface area contributed by atoms with Crippen LogP contribution in [0.4, 0.5) is 5.82 Å². The first kappa shape index (κ1) is 20.9. The van der Waals surface area contributed by atoms with E-state index < -0.39 is 5.60 Å². The van der Waals surface area contributed by atoms with Gasteiger partial charge in [-0.2, -0.15) is 0 Å². The van der Waals surface area contributed by atoms with Gasteiger partial charge in [-0.25, -0.2) is 9.97 Å². The summed E-state index contributed by atoms with van der Waals surface area (Å²) in [6.45, 7) is 3.16. The quantitative estimate of drug-likeness (QED) is 0.463. The van der Waals surface area contributed by atoms with E-state index >= 15 is 0 Å². The largest absolute Gasteiger partial charge is 0.436 e. The lowest BCUT2D eigenvalue weighted by Crippen LogP contribution is -2.49. The molecule has 0 bridgehead atoms. The Balaban J connectivity index is 1.27. The molecule has 7 rings (SSSR count).